The Bertz CT molecular complexity index is 1240. The smallest absolute Gasteiger partial charge is 0.246 e. The number of carbonyl (C=O) groups excluding carboxylic acids is 1. The predicted octanol–water partition coefficient (Wildman–Crippen LogP) is 3.01. The quantitative estimate of drug-likeness (QED) is 0.564. The third-order valence-corrected chi connectivity index (χ3v) is 7.85. The molecule has 1 aromatic carbocycles. The second-order valence-electron chi connectivity index (χ2n) is 7.69. The largest absolute Gasteiger partial charge is 0.309 e. The van der Waals surface area contributed by atoms with Gasteiger partial charge in [-0.25, -0.2) is 8.42 Å². The fraction of sp³-hybridized carbons (Fsp3) is 0.350. The first-order valence-electron chi connectivity index (χ1n) is 9.99. The van der Waals surface area contributed by atoms with Gasteiger partial charge in [-0.05, 0) is 30.5 Å². The summed E-state index contributed by atoms with van der Waals surface area (Å²) in [5, 5.41) is 12.1. The van der Waals surface area contributed by atoms with Crippen molar-refractivity contribution >= 4 is 45.0 Å². The van der Waals surface area contributed by atoms with Gasteiger partial charge < -0.3 is 5.32 Å². The summed E-state index contributed by atoms with van der Waals surface area (Å²) in [7, 11) is -2.03. The number of amides is 1. The molecule has 0 bridgehead atoms. The number of benzene rings is 1. The molecule has 12 heteroatoms. The van der Waals surface area contributed by atoms with Crippen molar-refractivity contribution in [2.24, 2.45) is 13.0 Å². The number of nitrogens with one attached hydrogen (secondary N) is 1. The van der Waals surface area contributed by atoms with E-state index in [0.29, 0.717) is 41.8 Å². The second-order valence-corrected chi connectivity index (χ2v) is 10.4. The van der Waals surface area contributed by atoms with Crippen LogP contribution in [-0.2, 0) is 28.4 Å². The summed E-state index contributed by atoms with van der Waals surface area (Å²) in [6.07, 6.45) is 5.73. The summed E-state index contributed by atoms with van der Waals surface area (Å²) in [5.41, 5.74) is 0.920. The number of halogens is 2. The maximum absolute atomic E-state index is 12.9. The lowest BCUT2D eigenvalue weighted by atomic mass is 9.99. The average Bonchev–Trinajstić information content (AvgIpc) is 3.40. The third-order valence-electron chi connectivity index (χ3n) is 5.29. The second kappa shape index (κ2) is 9.22. The third kappa shape index (κ3) is 4.98. The number of piperidine rings is 1. The van der Waals surface area contributed by atoms with Gasteiger partial charge in [0.15, 0.2) is 5.82 Å². The van der Waals surface area contributed by atoms with Crippen molar-refractivity contribution in [1.29, 1.82) is 0 Å². The highest BCUT2D eigenvalue weighted by Crippen LogP contribution is 2.25. The number of hydrogen-bond acceptors (Lipinski definition) is 5. The SMILES string of the molecule is Cn1cc(S(=O)(=O)N2CCC[C@H](C(=O)Nc3ccn(Cc4ccc(Cl)c(Cl)c4)n3)C2)cn1. The van der Waals surface area contributed by atoms with E-state index in [9.17, 15) is 13.2 Å². The molecule has 2 aromatic heterocycles. The Hall–Kier alpha value is -2.40. The molecule has 9 nitrogen and oxygen atoms in total. The maximum Gasteiger partial charge on any atom is 0.246 e. The Labute approximate surface area is 196 Å². The fourth-order valence-electron chi connectivity index (χ4n) is 3.63. The van der Waals surface area contributed by atoms with E-state index in [1.54, 1.807) is 36.1 Å². The predicted molar refractivity (Wildman–Crippen MR) is 121 cm³/mol. The van der Waals surface area contributed by atoms with Crippen LogP contribution in [0.4, 0.5) is 5.82 Å². The number of aryl methyl sites for hydroxylation is 1. The minimum absolute atomic E-state index is 0.118. The highest BCUT2D eigenvalue weighted by Gasteiger charge is 2.34. The van der Waals surface area contributed by atoms with E-state index in [2.05, 4.69) is 15.5 Å². The van der Waals surface area contributed by atoms with Crippen molar-refractivity contribution in [1.82, 2.24) is 23.9 Å². The zero-order valence-corrected chi connectivity index (χ0v) is 19.6. The van der Waals surface area contributed by atoms with Crippen LogP contribution in [0.5, 0.6) is 0 Å². The number of rotatable bonds is 6. The van der Waals surface area contributed by atoms with Gasteiger partial charge in [0.1, 0.15) is 4.90 Å². The lowest BCUT2D eigenvalue weighted by molar-refractivity contribution is -0.120. The normalized spacial score (nSPS) is 17.4. The molecule has 0 unspecified atom stereocenters. The summed E-state index contributed by atoms with van der Waals surface area (Å²) in [5.74, 6) is -0.311. The molecule has 0 radical (unpaired) electrons. The van der Waals surface area contributed by atoms with Gasteiger partial charge in [-0.2, -0.15) is 14.5 Å². The standard InChI is InChI=1S/C20H22Cl2N6O3S/c1-26-13-16(10-23-26)32(30,31)28-7-2-3-15(12-28)20(29)24-19-6-8-27(25-19)11-14-4-5-17(21)18(22)9-14/h4-6,8-10,13,15H,2-3,7,11-12H2,1H3,(H,24,25,29)/t15-/m0/s1. The highest BCUT2D eigenvalue weighted by molar-refractivity contribution is 7.89. The van der Waals surface area contributed by atoms with Crippen molar-refractivity contribution in [3.05, 3.63) is 58.5 Å². The van der Waals surface area contributed by atoms with Gasteiger partial charge >= 0.3 is 0 Å². The first-order chi connectivity index (χ1) is 15.2. The Kier molecular flexibility index (Phi) is 6.57. The molecule has 3 aromatic rings. The molecule has 1 atom stereocenters. The van der Waals surface area contributed by atoms with Crippen LogP contribution in [0.25, 0.3) is 0 Å². The van der Waals surface area contributed by atoms with Crippen molar-refractivity contribution < 1.29 is 13.2 Å². The van der Waals surface area contributed by atoms with Crippen molar-refractivity contribution in [3.8, 4) is 0 Å². The van der Waals surface area contributed by atoms with Crippen LogP contribution in [0.3, 0.4) is 0 Å². The number of sulfonamides is 1. The topological polar surface area (TPSA) is 102 Å². The van der Waals surface area contributed by atoms with Crippen molar-refractivity contribution in [2.45, 2.75) is 24.3 Å². The maximum atomic E-state index is 12.9. The average molecular weight is 497 g/mol. The van der Waals surface area contributed by atoms with E-state index in [0.717, 1.165) is 5.56 Å². The van der Waals surface area contributed by atoms with Gasteiger partial charge in [-0.1, -0.05) is 29.3 Å². The molecule has 170 valence electrons. The van der Waals surface area contributed by atoms with Crippen LogP contribution in [0.1, 0.15) is 18.4 Å². The van der Waals surface area contributed by atoms with E-state index in [1.165, 1.54) is 21.4 Å². The lowest BCUT2D eigenvalue weighted by Crippen LogP contribution is -2.43. The van der Waals surface area contributed by atoms with Crippen LogP contribution in [-0.4, -0.2) is 51.3 Å². The Balaban J connectivity index is 1.39. The minimum Gasteiger partial charge on any atom is -0.309 e. The van der Waals surface area contributed by atoms with Gasteiger partial charge in [0.2, 0.25) is 15.9 Å². The molecule has 1 amide bonds. The van der Waals surface area contributed by atoms with Crippen LogP contribution >= 0.6 is 23.2 Å². The number of anilines is 1. The molecule has 3 heterocycles. The molecule has 1 aliphatic rings. The highest BCUT2D eigenvalue weighted by atomic mass is 35.5. The molecule has 0 spiro atoms. The summed E-state index contributed by atoms with van der Waals surface area (Å²) < 4.78 is 30.2. The molecule has 1 aliphatic heterocycles. The summed E-state index contributed by atoms with van der Waals surface area (Å²) in [6.45, 7) is 0.958. The Morgan fingerprint density at radius 2 is 2.06 bits per heavy atom. The summed E-state index contributed by atoms with van der Waals surface area (Å²) in [4.78, 5) is 12.9. The van der Waals surface area contributed by atoms with Crippen LogP contribution in [0.2, 0.25) is 10.0 Å². The lowest BCUT2D eigenvalue weighted by Gasteiger charge is -2.30. The van der Waals surface area contributed by atoms with Gasteiger partial charge in [-0.3, -0.25) is 14.2 Å². The van der Waals surface area contributed by atoms with E-state index in [1.807, 2.05) is 6.07 Å². The molecule has 4 rings (SSSR count). The van der Waals surface area contributed by atoms with E-state index < -0.39 is 15.9 Å². The Morgan fingerprint density at radius 3 is 2.78 bits per heavy atom. The fourth-order valence-corrected chi connectivity index (χ4v) is 5.46. The molecule has 1 saturated heterocycles. The first kappa shape index (κ1) is 22.8. The minimum atomic E-state index is -3.69. The van der Waals surface area contributed by atoms with Gasteiger partial charge in [-0.15, -0.1) is 0 Å². The molecule has 1 N–H and O–H groups in total. The van der Waals surface area contributed by atoms with Gasteiger partial charge in [0.05, 0.1) is 28.7 Å². The number of aromatic nitrogens is 4. The number of carbonyl (C=O) groups is 1. The number of nitrogens with zero attached hydrogens (tertiary/aromatic N) is 5. The van der Waals surface area contributed by atoms with Crippen LogP contribution in [0, 0.1) is 5.92 Å². The van der Waals surface area contributed by atoms with Crippen molar-refractivity contribution in [3.63, 3.8) is 0 Å². The van der Waals surface area contributed by atoms with Crippen LogP contribution in [0.15, 0.2) is 47.8 Å². The van der Waals surface area contributed by atoms with E-state index in [-0.39, 0.29) is 17.3 Å². The van der Waals surface area contributed by atoms with Crippen LogP contribution < -0.4 is 5.32 Å². The summed E-state index contributed by atoms with van der Waals surface area (Å²) in [6, 6.07) is 7.04. The molecule has 1 fully saturated rings. The van der Waals surface area contributed by atoms with Crippen molar-refractivity contribution in [2.75, 3.05) is 18.4 Å². The molecular formula is C20H22Cl2N6O3S. The van der Waals surface area contributed by atoms with E-state index >= 15 is 0 Å². The monoisotopic (exact) mass is 496 g/mol. The van der Waals surface area contributed by atoms with Gasteiger partial charge in [0, 0.05) is 38.6 Å². The first-order valence-corrected chi connectivity index (χ1v) is 12.2. The zero-order valence-electron chi connectivity index (χ0n) is 17.3. The zero-order chi connectivity index (χ0) is 22.9. The molecule has 32 heavy (non-hydrogen) atoms. The molecule has 0 saturated carbocycles. The van der Waals surface area contributed by atoms with Gasteiger partial charge in [0.25, 0.3) is 0 Å². The number of hydrogen-bond donors (Lipinski definition) is 1. The molecular weight excluding hydrogens is 475 g/mol. The Morgan fingerprint density at radius 1 is 1.25 bits per heavy atom. The molecule has 0 aliphatic carbocycles. The summed E-state index contributed by atoms with van der Waals surface area (Å²) >= 11 is 12.0. The van der Waals surface area contributed by atoms with E-state index in [4.69, 9.17) is 23.2 Å².